The molecule has 0 aliphatic carbocycles. The Kier molecular flexibility index (Phi) is 5.45. The van der Waals surface area contributed by atoms with Crippen molar-refractivity contribution in [1.29, 1.82) is 0 Å². The topological polar surface area (TPSA) is 41.9 Å². The number of ketones is 1. The molecule has 0 atom stereocenters. The summed E-state index contributed by atoms with van der Waals surface area (Å²) in [5.41, 5.74) is 0.652. The lowest BCUT2D eigenvalue weighted by atomic mass is 10.1. The summed E-state index contributed by atoms with van der Waals surface area (Å²) in [6.07, 6.45) is 1.39. The van der Waals surface area contributed by atoms with Crippen LogP contribution in [-0.2, 0) is 4.74 Å². The van der Waals surface area contributed by atoms with E-state index in [0.29, 0.717) is 18.8 Å². The molecule has 3 rings (SSSR count). The molecule has 2 aromatic rings. The molecule has 5 heteroatoms. The number of ether oxygens (including phenoxy) is 1. The zero-order valence-electron chi connectivity index (χ0n) is 12.7. The molecule has 1 aliphatic heterocycles. The number of nitrogens with zero attached hydrogens (tertiary/aromatic N) is 2. The lowest BCUT2D eigenvalue weighted by molar-refractivity contribution is 0.0395. The average molecular weight is 326 g/mol. The molecule has 1 heterocycles. The van der Waals surface area contributed by atoms with E-state index in [0.717, 1.165) is 18.0 Å². The molecule has 1 fully saturated rings. The fraction of sp³-hybridized carbons (Fsp3) is 0.222. The van der Waals surface area contributed by atoms with Crippen molar-refractivity contribution in [2.45, 2.75) is 9.79 Å². The maximum atomic E-state index is 12.1. The second kappa shape index (κ2) is 7.94. The maximum absolute atomic E-state index is 12.1. The van der Waals surface area contributed by atoms with Crippen molar-refractivity contribution in [3.63, 3.8) is 0 Å². The van der Waals surface area contributed by atoms with Gasteiger partial charge in [0.25, 0.3) is 0 Å². The number of rotatable bonds is 5. The lowest BCUT2D eigenvalue weighted by Gasteiger charge is -2.23. The first-order chi connectivity index (χ1) is 11.3. The van der Waals surface area contributed by atoms with Crippen LogP contribution < -0.4 is 0 Å². The number of carbonyl (C=O) groups is 1. The molecular weight excluding hydrogens is 308 g/mol. The van der Waals surface area contributed by atoms with Crippen LogP contribution in [0.1, 0.15) is 10.4 Å². The Morgan fingerprint density at radius 3 is 2.35 bits per heavy atom. The van der Waals surface area contributed by atoms with Gasteiger partial charge in [-0.3, -0.25) is 9.80 Å². The summed E-state index contributed by atoms with van der Waals surface area (Å²) in [7, 11) is 0. The van der Waals surface area contributed by atoms with Gasteiger partial charge in [-0.2, -0.15) is 5.10 Å². The first-order valence-corrected chi connectivity index (χ1v) is 8.37. The van der Waals surface area contributed by atoms with Crippen LogP contribution in [0.3, 0.4) is 0 Å². The van der Waals surface area contributed by atoms with Gasteiger partial charge in [0.15, 0.2) is 0 Å². The smallest absolute Gasteiger partial charge is 0.205 e. The summed E-state index contributed by atoms with van der Waals surface area (Å²) in [6, 6.07) is 17.8. The van der Waals surface area contributed by atoms with E-state index >= 15 is 0 Å². The zero-order chi connectivity index (χ0) is 15.9. The Labute approximate surface area is 140 Å². The lowest BCUT2D eigenvalue weighted by Crippen LogP contribution is -2.32. The van der Waals surface area contributed by atoms with Crippen LogP contribution in [0.15, 0.2) is 69.5 Å². The molecule has 0 bridgehead atoms. The molecule has 1 saturated heterocycles. The van der Waals surface area contributed by atoms with Gasteiger partial charge in [-0.25, -0.2) is 0 Å². The Balaban J connectivity index is 1.60. The standard InChI is InChI=1S/C18H18N2O2S/c21-18(14-19-20-10-12-22-13-11-20)15-6-8-17(9-7-15)23-16-4-2-1-3-5-16/h1-9,14H,10-13H2/b19-14+. The van der Waals surface area contributed by atoms with Crippen molar-refractivity contribution in [3.05, 3.63) is 60.2 Å². The molecule has 0 radical (unpaired) electrons. The summed E-state index contributed by atoms with van der Waals surface area (Å²) in [6.45, 7) is 2.79. The fourth-order valence-electron chi connectivity index (χ4n) is 2.19. The minimum atomic E-state index is -0.0762. The van der Waals surface area contributed by atoms with Gasteiger partial charge in [0.05, 0.1) is 32.5 Å². The third-order valence-corrected chi connectivity index (χ3v) is 4.46. The van der Waals surface area contributed by atoms with Gasteiger partial charge in [-0.1, -0.05) is 30.0 Å². The second-order valence-electron chi connectivity index (χ2n) is 5.11. The summed E-state index contributed by atoms with van der Waals surface area (Å²) in [5, 5.41) is 6.09. The van der Waals surface area contributed by atoms with E-state index < -0.39 is 0 Å². The summed E-state index contributed by atoms with van der Waals surface area (Å²) in [5.74, 6) is -0.0762. The fourth-order valence-corrected chi connectivity index (χ4v) is 3.03. The van der Waals surface area contributed by atoms with Crippen LogP contribution in [0.25, 0.3) is 0 Å². The second-order valence-corrected chi connectivity index (χ2v) is 6.26. The number of hydrogen-bond donors (Lipinski definition) is 0. The number of carbonyl (C=O) groups excluding carboxylic acids is 1. The minimum absolute atomic E-state index is 0.0762. The Morgan fingerprint density at radius 2 is 1.65 bits per heavy atom. The molecule has 2 aromatic carbocycles. The van der Waals surface area contributed by atoms with Crippen molar-refractivity contribution in [2.24, 2.45) is 5.10 Å². The Morgan fingerprint density at radius 1 is 1.00 bits per heavy atom. The molecular formula is C18H18N2O2S. The Bertz CT molecular complexity index is 665. The van der Waals surface area contributed by atoms with Crippen molar-refractivity contribution >= 4 is 23.8 Å². The average Bonchev–Trinajstić information content (AvgIpc) is 2.62. The molecule has 0 spiro atoms. The van der Waals surface area contributed by atoms with Crippen molar-refractivity contribution < 1.29 is 9.53 Å². The number of hydrogen-bond acceptors (Lipinski definition) is 5. The minimum Gasteiger partial charge on any atom is -0.378 e. The zero-order valence-corrected chi connectivity index (χ0v) is 13.5. The van der Waals surface area contributed by atoms with Crippen molar-refractivity contribution in [3.8, 4) is 0 Å². The van der Waals surface area contributed by atoms with E-state index in [9.17, 15) is 4.79 Å². The highest BCUT2D eigenvalue weighted by Gasteiger charge is 2.08. The van der Waals surface area contributed by atoms with E-state index in [1.54, 1.807) is 11.8 Å². The normalized spacial score (nSPS) is 15.0. The van der Waals surface area contributed by atoms with Crippen LogP contribution in [0, 0.1) is 0 Å². The molecule has 1 aliphatic rings. The molecule has 23 heavy (non-hydrogen) atoms. The van der Waals surface area contributed by atoms with E-state index in [4.69, 9.17) is 4.74 Å². The van der Waals surface area contributed by atoms with Gasteiger partial charge in [-0.05, 0) is 36.4 Å². The van der Waals surface area contributed by atoms with Crippen LogP contribution in [0.5, 0.6) is 0 Å². The highest BCUT2D eigenvalue weighted by Crippen LogP contribution is 2.27. The van der Waals surface area contributed by atoms with Gasteiger partial charge >= 0.3 is 0 Å². The third kappa shape index (κ3) is 4.68. The van der Waals surface area contributed by atoms with Crippen molar-refractivity contribution in [2.75, 3.05) is 26.3 Å². The molecule has 0 amide bonds. The van der Waals surface area contributed by atoms with Crippen LogP contribution in [0.4, 0.5) is 0 Å². The van der Waals surface area contributed by atoms with E-state index in [1.807, 2.05) is 47.5 Å². The van der Waals surface area contributed by atoms with Crippen LogP contribution in [-0.4, -0.2) is 43.3 Å². The third-order valence-electron chi connectivity index (χ3n) is 3.44. The molecule has 4 nitrogen and oxygen atoms in total. The van der Waals surface area contributed by atoms with Gasteiger partial charge in [-0.15, -0.1) is 0 Å². The quantitative estimate of drug-likeness (QED) is 0.624. The predicted octanol–water partition coefficient (Wildman–Crippen LogP) is 3.34. The van der Waals surface area contributed by atoms with Gasteiger partial charge in [0.1, 0.15) is 0 Å². The van der Waals surface area contributed by atoms with E-state index in [2.05, 4.69) is 17.2 Å². The van der Waals surface area contributed by atoms with E-state index in [-0.39, 0.29) is 5.78 Å². The van der Waals surface area contributed by atoms with Crippen molar-refractivity contribution in [1.82, 2.24) is 5.01 Å². The highest BCUT2D eigenvalue weighted by molar-refractivity contribution is 7.99. The first-order valence-electron chi connectivity index (χ1n) is 7.55. The highest BCUT2D eigenvalue weighted by atomic mass is 32.2. The Hall–Kier alpha value is -2.11. The molecule has 0 saturated carbocycles. The number of hydrazone groups is 1. The first kappa shape index (κ1) is 15.8. The number of benzene rings is 2. The van der Waals surface area contributed by atoms with Gasteiger partial charge < -0.3 is 4.74 Å². The predicted molar refractivity (Wildman–Crippen MR) is 92.2 cm³/mol. The summed E-state index contributed by atoms with van der Waals surface area (Å²) in [4.78, 5) is 14.4. The number of morpholine rings is 1. The molecule has 118 valence electrons. The molecule has 0 unspecified atom stereocenters. The van der Waals surface area contributed by atoms with Crippen LogP contribution in [0.2, 0.25) is 0 Å². The number of Topliss-reactive ketones (excluding diaryl/α,β-unsaturated/α-hetero) is 1. The van der Waals surface area contributed by atoms with Gasteiger partial charge in [0.2, 0.25) is 5.78 Å². The molecule has 0 aromatic heterocycles. The summed E-state index contributed by atoms with van der Waals surface area (Å²) >= 11 is 1.68. The summed E-state index contributed by atoms with van der Waals surface area (Å²) < 4.78 is 5.25. The SMILES string of the molecule is O=C(/C=N/N1CCOCC1)c1ccc(Sc2ccccc2)cc1. The van der Waals surface area contributed by atoms with Gasteiger partial charge in [0, 0.05) is 15.4 Å². The largest absolute Gasteiger partial charge is 0.378 e. The monoisotopic (exact) mass is 326 g/mol. The van der Waals surface area contributed by atoms with Crippen LogP contribution >= 0.6 is 11.8 Å². The maximum Gasteiger partial charge on any atom is 0.205 e. The molecule has 0 N–H and O–H groups in total. The van der Waals surface area contributed by atoms with E-state index in [1.165, 1.54) is 11.1 Å².